The van der Waals surface area contributed by atoms with Gasteiger partial charge in [-0.3, -0.25) is 9.59 Å². The maximum absolute atomic E-state index is 12.6. The van der Waals surface area contributed by atoms with Crippen LogP contribution in [0, 0.1) is 25.7 Å². The van der Waals surface area contributed by atoms with E-state index in [1.807, 2.05) is 43.3 Å². The van der Waals surface area contributed by atoms with E-state index in [0.717, 1.165) is 37.8 Å². The lowest BCUT2D eigenvalue weighted by molar-refractivity contribution is -0.128. The SMILES string of the molecule is Cc1ccc(NC(=O)C2CCC(C(=O)NCCc3ccccc3)CC2)cc1C. The molecule has 3 rings (SSSR count). The first-order chi connectivity index (χ1) is 13.5. The van der Waals surface area contributed by atoms with Gasteiger partial charge in [-0.15, -0.1) is 0 Å². The molecule has 0 radical (unpaired) electrons. The Balaban J connectivity index is 1.41. The second-order valence-corrected chi connectivity index (χ2v) is 7.86. The smallest absolute Gasteiger partial charge is 0.227 e. The first-order valence-electron chi connectivity index (χ1n) is 10.2. The first kappa shape index (κ1) is 20.1. The standard InChI is InChI=1S/C24H30N2O2/c1-17-8-13-22(16-18(17)2)26-24(28)21-11-9-20(10-12-21)23(27)25-15-14-19-6-4-3-5-7-19/h3-8,13,16,20-21H,9-12,14-15H2,1-2H3,(H,25,27)(H,26,28). The van der Waals surface area contributed by atoms with Gasteiger partial charge in [0.1, 0.15) is 0 Å². The number of benzene rings is 2. The highest BCUT2D eigenvalue weighted by Gasteiger charge is 2.29. The zero-order chi connectivity index (χ0) is 19.9. The second kappa shape index (κ2) is 9.54. The van der Waals surface area contributed by atoms with E-state index >= 15 is 0 Å². The summed E-state index contributed by atoms with van der Waals surface area (Å²) in [4.78, 5) is 25.0. The summed E-state index contributed by atoms with van der Waals surface area (Å²) in [5, 5.41) is 6.09. The summed E-state index contributed by atoms with van der Waals surface area (Å²) in [6.45, 7) is 4.77. The zero-order valence-electron chi connectivity index (χ0n) is 16.8. The van der Waals surface area contributed by atoms with Crippen LogP contribution >= 0.6 is 0 Å². The number of anilines is 1. The molecule has 0 aliphatic heterocycles. The number of amides is 2. The van der Waals surface area contributed by atoms with E-state index in [9.17, 15) is 9.59 Å². The fraction of sp³-hybridized carbons (Fsp3) is 0.417. The number of aryl methyl sites for hydroxylation is 2. The molecule has 1 aliphatic carbocycles. The lowest BCUT2D eigenvalue weighted by Crippen LogP contribution is -2.36. The van der Waals surface area contributed by atoms with E-state index in [4.69, 9.17) is 0 Å². The Labute approximate surface area is 167 Å². The predicted octanol–water partition coefficient (Wildman–Crippen LogP) is 4.41. The van der Waals surface area contributed by atoms with E-state index < -0.39 is 0 Å². The summed E-state index contributed by atoms with van der Waals surface area (Å²) in [6.07, 6.45) is 3.95. The molecule has 0 saturated heterocycles. The number of hydrogen-bond acceptors (Lipinski definition) is 2. The lowest BCUT2D eigenvalue weighted by Gasteiger charge is -2.27. The molecule has 1 saturated carbocycles. The monoisotopic (exact) mass is 378 g/mol. The summed E-state index contributed by atoms with van der Waals surface area (Å²) in [5.41, 5.74) is 4.48. The molecule has 2 N–H and O–H groups in total. The molecular formula is C24H30N2O2. The number of hydrogen-bond donors (Lipinski definition) is 2. The average Bonchev–Trinajstić information content (AvgIpc) is 2.71. The molecule has 1 aliphatic rings. The van der Waals surface area contributed by atoms with Crippen LogP contribution in [0.3, 0.4) is 0 Å². The molecule has 2 aromatic carbocycles. The highest BCUT2D eigenvalue weighted by molar-refractivity contribution is 5.93. The van der Waals surface area contributed by atoms with Crippen LogP contribution in [-0.4, -0.2) is 18.4 Å². The molecule has 0 unspecified atom stereocenters. The van der Waals surface area contributed by atoms with Gasteiger partial charge in [-0.25, -0.2) is 0 Å². The van der Waals surface area contributed by atoms with Crippen molar-refractivity contribution in [2.75, 3.05) is 11.9 Å². The molecular weight excluding hydrogens is 348 g/mol. The summed E-state index contributed by atoms with van der Waals surface area (Å²) in [6, 6.07) is 16.2. The minimum absolute atomic E-state index is 0.00465. The molecule has 0 atom stereocenters. The molecule has 0 heterocycles. The zero-order valence-corrected chi connectivity index (χ0v) is 16.8. The fourth-order valence-corrected chi connectivity index (χ4v) is 3.80. The maximum atomic E-state index is 12.6. The second-order valence-electron chi connectivity index (χ2n) is 7.86. The van der Waals surface area contributed by atoms with Crippen LogP contribution in [0.2, 0.25) is 0 Å². The number of rotatable bonds is 6. The molecule has 148 valence electrons. The Hall–Kier alpha value is -2.62. The number of carbonyl (C=O) groups excluding carboxylic acids is 2. The summed E-state index contributed by atoms with van der Waals surface area (Å²) in [5.74, 6) is 0.228. The minimum Gasteiger partial charge on any atom is -0.356 e. The van der Waals surface area contributed by atoms with Crippen LogP contribution in [0.4, 0.5) is 5.69 Å². The van der Waals surface area contributed by atoms with E-state index in [-0.39, 0.29) is 23.7 Å². The molecule has 4 heteroatoms. The third-order valence-corrected chi connectivity index (χ3v) is 5.80. The van der Waals surface area contributed by atoms with Crippen molar-refractivity contribution in [3.05, 3.63) is 65.2 Å². The van der Waals surface area contributed by atoms with Gasteiger partial charge in [-0.2, -0.15) is 0 Å². The molecule has 2 amide bonds. The number of nitrogens with one attached hydrogen (secondary N) is 2. The largest absolute Gasteiger partial charge is 0.356 e. The van der Waals surface area contributed by atoms with Gasteiger partial charge in [-0.05, 0) is 74.8 Å². The minimum atomic E-state index is -0.00465. The van der Waals surface area contributed by atoms with Crippen molar-refractivity contribution in [1.29, 1.82) is 0 Å². The van der Waals surface area contributed by atoms with Gasteiger partial charge in [-0.1, -0.05) is 36.4 Å². The van der Waals surface area contributed by atoms with Crippen LogP contribution in [0.1, 0.15) is 42.4 Å². The van der Waals surface area contributed by atoms with Crippen molar-refractivity contribution >= 4 is 17.5 Å². The van der Waals surface area contributed by atoms with Crippen molar-refractivity contribution in [2.24, 2.45) is 11.8 Å². The predicted molar refractivity (Wildman–Crippen MR) is 113 cm³/mol. The third kappa shape index (κ3) is 5.44. The van der Waals surface area contributed by atoms with Gasteiger partial charge < -0.3 is 10.6 Å². The lowest BCUT2D eigenvalue weighted by atomic mass is 9.81. The summed E-state index contributed by atoms with van der Waals surface area (Å²) in [7, 11) is 0. The Kier molecular flexibility index (Phi) is 6.85. The Bertz CT molecular complexity index is 809. The Morgan fingerprint density at radius 1 is 0.857 bits per heavy atom. The van der Waals surface area contributed by atoms with Crippen molar-refractivity contribution in [2.45, 2.75) is 46.0 Å². The van der Waals surface area contributed by atoms with Crippen LogP contribution in [0.25, 0.3) is 0 Å². The molecule has 0 bridgehead atoms. The molecule has 4 nitrogen and oxygen atoms in total. The van der Waals surface area contributed by atoms with Gasteiger partial charge in [0, 0.05) is 24.1 Å². The highest BCUT2D eigenvalue weighted by Crippen LogP contribution is 2.30. The van der Waals surface area contributed by atoms with Crippen molar-refractivity contribution in [1.82, 2.24) is 5.32 Å². The molecule has 1 fully saturated rings. The van der Waals surface area contributed by atoms with E-state index in [2.05, 4.69) is 29.7 Å². The normalized spacial score (nSPS) is 19.1. The van der Waals surface area contributed by atoms with Crippen LogP contribution in [0.5, 0.6) is 0 Å². The van der Waals surface area contributed by atoms with Crippen molar-refractivity contribution in [3.63, 3.8) is 0 Å². The van der Waals surface area contributed by atoms with E-state index in [1.54, 1.807) is 0 Å². The van der Waals surface area contributed by atoms with Gasteiger partial charge >= 0.3 is 0 Å². The fourth-order valence-electron chi connectivity index (χ4n) is 3.80. The topological polar surface area (TPSA) is 58.2 Å². The Morgan fingerprint density at radius 3 is 2.14 bits per heavy atom. The first-order valence-corrected chi connectivity index (χ1v) is 10.2. The van der Waals surface area contributed by atoms with E-state index in [0.29, 0.717) is 6.54 Å². The van der Waals surface area contributed by atoms with Crippen molar-refractivity contribution in [3.8, 4) is 0 Å². The van der Waals surface area contributed by atoms with Crippen LogP contribution < -0.4 is 10.6 Å². The average molecular weight is 379 g/mol. The summed E-state index contributed by atoms with van der Waals surface area (Å²) < 4.78 is 0. The third-order valence-electron chi connectivity index (χ3n) is 5.80. The van der Waals surface area contributed by atoms with Gasteiger partial charge in [0.05, 0.1) is 0 Å². The van der Waals surface area contributed by atoms with Crippen LogP contribution in [0.15, 0.2) is 48.5 Å². The quantitative estimate of drug-likeness (QED) is 0.782. The van der Waals surface area contributed by atoms with Gasteiger partial charge in [0.2, 0.25) is 11.8 Å². The molecule has 2 aromatic rings. The van der Waals surface area contributed by atoms with E-state index in [1.165, 1.54) is 16.7 Å². The number of carbonyl (C=O) groups is 2. The van der Waals surface area contributed by atoms with Crippen molar-refractivity contribution < 1.29 is 9.59 Å². The Morgan fingerprint density at radius 2 is 1.50 bits per heavy atom. The highest BCUT2D eigenvalue weighted by atomic mass is 16.2. The molecule has 0 spiro atoms. The van der Waals surface area contributed by atoms with Gasteiger partial charge in [0.15, 0.2) is 0 Å². The molecule has 0 aromatic heterocycles. The summed E-state index contributed by atoms with van der Waals surface area (Å²) >= 11 is 0. The van der Waals surface area contributed by atoms with Crippen LogP contribution in [-0.2, 0) is 16.0 Å². The van der Waals surface area contributed by atoms with Gasteiger partial charge in [0.25, 0.3) is 0 Å². The molecule has 28 heavy (non-hydrogen) atoms. The maximum Gasteiger partial charge on any atom is 0.227 e.